The number of halogens is 2. The van der Waals surface area contributed by atoms with Crippen LogP contribution in [0.5, 0.6) is 0 Å². The van der Waals surface area contributed by atoms with E-state index in [1.807, 2.05) is 48.5 Å². The Balaban J connectivity index is 1.27. The number of nitrogens with one attached hydrogen (secondary N) is 2. The fourth-order valence-corrected chi connectivity index (χ4v) is 6.16. The molecule has 2 aliphatic heterocycles. The maximum atomic E-state index is 13.7. The zero-order chi connectivity index (χ0) is 27.6. The third-order valence-corrected chi connectivity index (χ3v) is 8.16. The van der Waals surface area contributed by atoms with Crippen molar-refractivity contribution in [2.75, 3.05) is 32.8 Å². The van der Waals surface area contributed by atoms with Crippen molar-refractivity contribution in [3.8, 4) is 11.1 Å². The van der Waals surface area contributed by atoms with E-state index in [0.717, 1.165) is 29.2 Å². The van der Waals surface area contributed by atoms with Crippen LogP contribution in [-0.2, 0) is 24.5 Å². The number of amides is 3. The van der Waals surface area contributed by atoms with E-state index in [2.05, 4.69) is 10.6 Å². The van der Waals surface area contributed by atoms with Gasteiger partial charge in [0.1, 0.15) is 11.5 Å². The van der Waals surface area contributed by atoms with Gasteiger partial charge in [-0.25, -0.2) is 8.78 Å². The summed E-state index contributed by atoms with van der Waals surface area (Å²) in [7, 11) is 0. The first-order chi connectivity index (χ1) is 18.7. The Morgan fingerprint density at radius 3 is 2.33 bits per heavy atom. The molecular weight excluding hydrogens is 504 g/mol. The first-order valence-corrected chi connectivity index (χ1v) is 13.7. The number of likely N-dealkylation sites (tertiary alicyclic amines) is 1. The standard InChI is InChI=1S/C30H35F2N3O4/c1-29(31,32)19-33-28(38)30(23-10-4-2-8-21(23)22-9-3-5-11-24(22)30)14-6-7-15-35-16-12-25(27(35)37)34-26(36)20-13-17-39-18-20/h2-5,8-11,20,25H,6-7,12-19H2,1H3,(H,33,38)(H,34,36). The molecule has 3 amide bonds. The summed E-state index contributed by atoms with van der Waals surface area (Å²) in [5.74, 6) is -3.87. The largest absolute Gasteiger partial charge is 0.381 e. The fourth-order valence-electron chi connectivity index (χ4n) is 6.16. The number of nitrogens with zero attached hydrogens (tertiary/aromatic N) is 1. The molecule has 7 nitrogen and oxygen atoms in total. The molecule has 208 valence electrons. The number of rotatable bonds is 10. The highest BCUT2D eigenvalue weighted by Gasteiger charge is 2.49. The van der Waals surface area contributed by atoms with E-state index in [-0.39, 0.29) is 17.7 Å². The summed E-state index contributed by atoms with van der Waals surface area (Å²) in [5.41, 5.74) is 2.42. The van der Waals surface area contributed by atoms with Gasteiger partial charge in [-0.1, -0.05) is 48.5 Å². The van der Waals surface area contributed by atoms with Crippen LogP contribution in [0.3, 0.4) is 0 Å². The predicted molar refractivity (Wildman–Crippen MR) is 142 cm³/mol. The van der Waals surface area contributed by atoms with Crippen molar-refractivity contribution in [1.82, 2.24) is 15.5 Å². The number of hydrogen-bond acceptors (Lipinski definition) is 4. The van der Waals surface area contributed by atoms with Gasteiger partial charge in [0.2, 0.25) is 17.7 Å². The van der Waals surface area contributed by atoms with E-state index in [1.54, 1.807) is 4.90 Å². The molecule has 0 spiro atoms. The maximum Gasteiger partial charge on any atom is 0.262 e. The third kappa shape index (κ3) is 5.41. The van der Waals surface area contributed by atoms with Gasteiger partial charge in [-0.3, -0.25) is 14.4 Å². The Hall–Kier alpha value is -3.33. The van der Waals surface area contributed by atoms with Gasteiger partial charge in [0, 0.05) is 26.6 Å². The average molecular weight is 540 g/mol. The van der Waals surface area contributed by atoms with E-state index in [9.17, 15) is 23.2 Å². The highest BCUT2D eigenvalue weighted by atomic mass is 19.3. The number of ether oxygens (including phenoxy) is 1. The minimum absolute atomic E-state index is 0.0866. The molecule has 0 radical (unpaired) electrons. The Kier molecular flexibility index (Phi) is 7.71. The van der Waals surface area contributed by atoms with E-state index < -0.39 is 29.8 Å². The molecule has 2 aromatic rings. The number of carbonyl (C=O) groups is 3. The molecule has 2 fully saturated rings. The third-order valence-electron chi connectivity index (χ3n) is 8.16. The first-order valence-electron chi connectivity index (χ1n) is 13.7. The minimum atomic E-state index is -3.03. The number of alkyl halides is 2. The molecule has 3 aliphatic rings. The monoisotopic (exact) mass is 539 g/mol. The zero-order valence-electron chi connectivity index (χ0n) is 22.2. The summed E-state index contributed by atoms with van der Waals surface area (Å²) in [6.07, 6.45) is 2.92. The molecule has 2 unspecified atom stereocenters. The lowest BCUT2D eigenvalue weighted by Crippen LogP contribution is -2.47. The van der Waals surface area contributed by atoms with E-state index in [1.165, 1.54) is 0 Å². The zero-order valence-corrected chi connectivity index (χ0v) is 22.2. The molecule has 0 aromatic heterocycles. The summed E-state index contributed by atoms with van der Waals surface area (Å²) in [5, 5.41) is 5.40. The van der Waals surface area contributed by atoms with E-state index >= 15 is 0 Å². The maximum absolute atomic E-state index is 13.7. The second-order valence-corrected chi connectivity index (χ2v) is 10.9. The Bertz CT molecular complexity index is 1190. The summed E-state index contributed by atoms with van der Waals surface area (Å²) >= 11 is 0. The van der Waals surface area contributed by atoms with Crippen molar-refractivity contribution >= 4 is 17.7 Å². The summed E-state index contributed by atoms with van der Waals surface area (Å²) in [6.45, 7) is 2.09. The van der Waals surface area contributed by atoms with Crippen LogP contribution in [0.2, 0.25) is 0 Å². The topological polar surface area (TPSA) is 87.7 Å². The Labute approximate surface area is 227 Å². The number of carbonyl (C=O) groups excluding carboxylic acids is 3. The van der Waals surface area contributed by atoms with Gasteiger partial charge in [0.15, 0.2) is 0 Å². The Morgan fingerprint density at radius 2 is 1.72 bits per heavy atom. The van der Waals surface area contributed by atoms with Crippen LogP contribution in [0.4, 0.5) is 8.78 Å². The summed E-state index contributed by atoms with van der Waals surface area (Å²) in [6, 6.07) is 14.8. The van der Waals surface area contributed by atoms with Gasteiger partial charge < -0.3 is 20.3 Å². The van der Waals surface area contributed by atoms with Crippen molar-refractivity contribution in [3.05, 3.63) is 59.7 Å². The average Bonchev–Trinajstić information content (AvgIpc) is 3.64. The second kappa shape index (κ2) is 11.0. The molecule has 2 heterocycles. The fraction of sp³-hybridized carbons (Fsp3) is 0.500. The van der Waals surface area contributed by atoms with Crippen molar-refractivity contribution in [2.45, 2.75) is 56.4 Å². The molecule has 0 saturated carbocycles. The van der Waals surface area contributed by atoms with Gasteiger partial charge in [-0.15, -0.1) is 0 Å². The number of benzene rings is 2. The first kappa shape index (κ1) is 27.2. The van der Waals surface area contributed by atoms with Gasteiger partial charge in [-0.2, -0.15) is 0 Å². The molecule has 0 bridgehead atoms. The quantitative estimate of drug-likeness (QED) is 0.452. The van der Waals surface area contributed by atoms with Crippen LogP contribution in [0.25, 0.3) is 11.1 Å². The lowest BCUT2D eigenvalue weighted by atomic mass is 9.73. The van der Waals surface area contributed by atoms with E-state index in [4.69, 9.17) is 4.74 Å². The van der Waals surface area contributed by atoms with Crippen molar-refractivity contribution in [3.63, 3.8) is 0 Å². The van der Waals surface area contributed by atoms with Crippen LogP contribution >= 0.6 is 0 Å². The molecule has 39 heavy (non-hydrogen) atoms. The van der Waals surface area contributed by atoms with Crippen LogP contribution in [-0.4, -0.2) is 67.4 Å². The minimum Gasteiger partial charge on any atom is -0.381 e. The molecular formula is C30H35F2N3O4. The molecule has 5 rings (SSSR count). The SMILES string of the molecule is CC(F)(F)CNC(=O)C1(CCCCN2CCC(NC(=O)C3CCOC3)C2=O)c2ccccc2-c2ccccc21. The molecule has 2 N–H and O–H groups in total. The molecule has 2 atom stereocenters. The highest BCUT2D eigenvalue weighted by Crippen LogP contribution is 2.51. The van der Waals surface area contributed by atoms with Crippen molar-refractivity contribution in [1.29, 1.82) is 0 Å². The number of fused-ring (bicyclic) bond motifs is 3. The summed E-state index contributed by atoms with van der Waals surface area (Å²) < 4.78 is 32.7. The smallest absolute Gasteiger partial charge is 0.262 e. The molecule has 2 saturated heterocycles. The molecule has 9 heteroatoms. The number of unbranched alkanes of at least 4 members (excludes halogenated alkanes) is 1. The highest BCUT2D eigenvalue weighted by molar-refractivity contribution is 6.00. The van der Waals surface area contributed by atoms with Crippen LogP contribution in [0, 0.1) is 5.92 Å². The normalized spacial score (nSPS) is 21.5. The molecule has 2 aromatic carbocycles. The Morgan fingerprint density at radius 1 is 1.05 bits per heavy atom. The van der Waals surface area contributed by atoms with E-state index in [0.29, 0.717) is 58.4 Å². The lowest BCUT2D eigenvalue weighted by molar-refractivity contribution is -0.134. The van der Waals surface area contributed by atoms with Gasteiger partial charge >= 0.3 is 0 Å². The van der Waals surface area contributed by atoms with Crippen LogP contribution in [0.15, 0.2) is 48.5 Å². The van der Waals surface area contributed by atoms with Crippen molar-refractivity contribution < 1.29 is 27.9 Å². The van der Waals surface area contributed by atoms with Crippen LogP contribution in [0.1, 0.15) is 50.2 Å². The lowest BCUT2D eigenvalue weighted by Gasteiger charge is -2.31. The van der Waals surface area contributed by atoms with Crippen molar-refractivity contribution in [2.24, 2.45) is 5.92 Å². The second-order valence-electron chi connectivity index (χ2n) is 10.9. The number of hydrogen-bond donors (Lipinski definition) is 2. The van der Waals surface area contributed by atoms with Gasteiger partial charge in [-0.05, 0) is 54.4 Å². The van der Waals surface area contributed by atoms with Gasteiger partial charge in [0.25, 0.3) is 5.92 Å². The molecule has 1 aliphatic carbocycles. The summed E-state index contributed by atoms with van der Waals surface area (Å²) in [4.78, 5) is 40.9. The predicted octanol–water partition coefficient (Wildman–Crippen LogP) is 3.65. The van der Waals surface area contributed by atoms with Crippen LogP contribution < -0.4 is 10.6 Å². The van der Waals surface area contributed by atoms with Gasteiger partial charge in [0.05, 0.1) is 19.1 Å².